The molecule has 0 unspecified atom stereocenters. The van der Waals surface area contributed by atoms with Gasteiger partial charge in [-0.2, -0.15) is 0 Å². The summed E-state index contributed by atoms with van der Waals surface area (Å²) in [5, 5.41) is 5.40. The van der Waals surface area contributed by atoms with Crippen molar-refractivity contribution >= 4 is 33.6 Å². The summed E-state index contributed by atoms with van der Waals surface area (Å²) in [5.74, 6) is 0.124. The van der Waals surface area contributed by atoms with E-state index in [0.29, 0.717) is 17.1 Å². The van der Waals surface area contributed by atoms with Crippen LogP contribution in [0.3, 0.4) is 0 Å². The topological polar surface area (TPSA) is 119 Å². The number of rotatable bonds is 6. The molecule has 0 saturated carbocycles. The minimum absolute atomic E-state index is 0.0462. The average Bonchev–Trinajstić information content (AvgIpc) is 3.00. The van der Waals surface area contributed by atoms with Crippen molar-refractivity contribution < 1.29 is 27.5 Å². The Hall–Kier alpha value is -4.76. The Morgan fingerprint density at radius 1 is 0.865 bits per heavy atom. The van der Waals surface area contributed by atoms with Gasteiger partial charge in [0.15, 0.2) is 0 Å². The summed E-state index contributed by atoms with van der Waals surface area (Å²) in [6.07, 6.45) is 0.753. The lowest BCUT2D eigenvalue weighted by atomic mass is 10.1. The monoisotopic (exact) mass is 512 g/mol. The fourth-order valence-corrected chi connectivity index (χ4v) is 5.55. The highest BCUT2D eigenvalue weighted by molar-refractivity contribution is 7.91. The van der Waals surface area contributed by atoms with Crippen molar-refractivity contribution in [3.05, 3.63) is 113 Å². The summed E-state index contributed by atoms with van der Waals surface area (Å²) < 4.78 is 32.1. The molecule has 0 fully saturated rings. The highest BCUT2D eigenvalue weighted by Crippen LogP contribution is 2.34. The summed E-state index contributed by atoms with van der Waals surface area (Å²) in [5.41, 5.74) is 1.61. The lowest BCUT2D eigenvalue weighted by molar-refractivity contribution is 0.0949. The zero-order chi connectivity index (χ0) is 26.0. The fraction of sp³-hybridized carbons (Fsp3) is 0.0357. The largest absolute Gasteiger partial charge is 0.457 e. The van der Waals surface area contributed by atoms with Gasteiger partial charge in [-0.1, -0.05) is 24.3 Å². The molecule has 37 heavy (non-hydrogen) atoms. The molecule has 9 heteroatoms. The molecule has 0 saturated heterocycles. The van der Waals surface area contributed by atoms with Crippen molar-refractivity contribution in [3.8, 4) is 11.5 Å². The van der Waals surface area contributed by atoms with Crippen molar-refractivity contribution in [1.82, 2.24) is 5.32 Å². The van der Waals surface area contributed by atoms with Gasteiger partial charge in [0.05, 0.1) is 21.0 Å². The molecule has 1 aliphatic rings. The summed E-state index contributed by atoms with van der Waals surface area (Å²) in [7, 11) is -3.95. The van der Waals surface area contributed by atoms with Crippen molar-refractivity contribution in [2.75, 3.05) is 5.32 Å². The maximum atomic E-state index is 13.1. The molecule has 8 nitrogen and oxygen atoms in total. The number of benzene rings is 4. The Labute approximate surface area is 212 Å². The number of nitrogens with one attached hydrogen (secondary N) is 2. The van der Waals surface area contributed by atoms with E-state index >= 15 is 0 Å². The molecule has 2 amide bonds. The molecule has 184 valence electrons. The summed E-state index contributed by atoms with van der Waals surface area (Å²) >= 11 is 0. The SMILES string of the molecule is O=Cc1ccc(Oc2cccc(CNC(=O)c3ccc4c(c3)NC(=O)c3ccccc3S4(=O)=O)c2)cc1. The first kappa shape index (κ1) is 24.0. The third-order valence-electron chi connectivity index (χ3n) is 5.80. The second-order valence-electron chi connectivity index (χ2n) is 8.28. The molecular formula is C28H20N2O6S. The molecule has 0 atom stereocenters. The number of hydrogen-bond donors (Lipinski definition) is 2. The van der Waals surface area contributed by atoms with Crippen LogP contribution in [-0.2, 0) is 16.4 Å². The average molecular weight is 513 g/mol. The predicted molar refractivity (Wildman–Crippen MR) is 136 cm³/mol. The molecule has 4 aromatic rings. The highest BCUT2D eigenvalue weighted by atomic mass is 32.2. The van der Waals surface area contributed by atoms with Crippen LogP contribution < -0.4 is 15.4 Å². The van der Waals surface area contributed by atoms with Gasteiger partial charge < -0.3 is 15.4 Å². The van der Waals surface area contributed by atoms with Crippen LogP contribution in [-0.4, -0.2) is 26.5 Å². The van der Waals surface area contributed by atoms with E-state index in [4.69, 9.17) is 4.74 Å². The van der Waals surface area contributed by atoms with Crippen LogP contribution in [0.25, 0.3) is 0 Å². The summed E-state index contributed by atoms with van der Waals surface area (Å²) in [4.78, 5) is 36.1. The molecule has 1 heterocycles. The van der Waals surface area contributed by atoms with Crippen LogP contribution in [0.2, 0.25) is 0 Å². The van der Waals surface area contributed by atoms with Gasteiger partial charge in [-0.3, -0.25) is 14.4 Å². The van der Waals surface area contributed by atoms with E-state index in [1.54, 1.807) is 54.6 Å². The molecule has 2 N–H and O–H groups in total. The maximum absolute atomic E-state index is 13.1. The standard InChI is InChI=1S/C28H20N2O6S/c31-17-18-8-11-21(12-9-18)36-22-5-3-4-19(14-22)16-29-27(32)20-10-13-26-24(15-20)30-28(33)23-6-1-2-7-25(23)37(26,34)35/h1-15,17H,16H2,(H,29,32)(H,30,33). The molecule has 0 bridgehead atoms. The molecule has 0 aliphatic carbocycles. The van der Waals surface area contributed by atoms with E-state index in [-0.39, 0.29) is 33.2 Å². The van der Waals surface area contributed by atoms with Gasteiger partial charge >= 0.3 is 0 Å². The number of aldehydes is 1. The molecular weight excluding hydrogens is 492 g/mol. The minimum atomic E-state index is -3.95. The zero-order valence-electron chi connectivity index (χ0n) is 19.3. The Morgan fingerprint density at radius 3 is 2.43 bits per heavy atom. The van der Waals surface area contributed by atoms with Crippen molar-refractivity contribution in [3.63, 3.8) is 0 Å². The van der Waals surface area contributed by atoms with E-state index < -0.39 is 21.7 Å². The lowest BCUT2D eigenvalue weighted by Gasteiger charge is -2.11. The third-order valence-corrected chi connectivity index (χ3v) is 7.67. The molecule has 0 radical (unpaired) electrons. The Kier molecular flexibility index (Phi) is 6.29. The number of anilines is 1. The van der Waals surface area contributed by atoms with E-state index in [9.17, 15) is 22.8 Å². The second kappa shape index (κ2) is 9.71. The van der Waals surface area contributed by atoms with Crippen LogP contribution in [0, 0.1) is 0 Å². The second-order valence-corrected chi connectivity index (χ2v) is 10.2. The Bertz CT molecular complexity index is 1650. The number of ether oxygens (including phenoxy) is 1. The van der Waals surface area contributed by atoms with Gasteiger partial charge in [0.25, 0.3) is 11.8 Å². The highest BCUT2D eigenvalue weighted by Gasteiger charge is 2.31. The van der Waals surface area contributed by atoms with E-state index in [1.807, 2.05) is 6.07 Å². The van der Waals surface area contributed by atoms with E-state index in [0.717, 1.165) is 11.8 Å². The van der Waals surface area contributed by atoms with Gasteiger partial charge in [0.2, 0.25) is 9.84 Å². The first-order chi connectivity index (χ1) is 17.8. The van der Waals surface area contributed by atoms with Crippen molar-refractivity contribution in [2.45, 2.75) is 16.3 Å². The molecule has 1 aliphatic heterocycles. The molecule has 0 aromatic heterocycles. The number of carbonyl (C=O) groups is 3. The number of sulfone groups is 1. The molecule has 5 rings (SSSR count). The quantitative estimate of drug-likeness (QED) is 0.364. The molecule has 4 aromatic carbocycles. The normalized spacial score (nSPS) is 13.4. The zero-order valence-corrected chi connectivity index (χ0v) is 20.1. The fourth-order valence-electron chi connectivity index (χ4n) is 3.95. The van der Waals surface area contributed by atoms with Gasteiger partial charge in [0, 0.05) is 17.7 Å². The first-order valence-corrected chi connectivity index (χ1v) is 12.7. The predicted octanol–water partition coefficient (Wildman–Crippen LogP) is 4.62. The van der Waals surface area contributed by atoms with Gasteiger partial charge in [-0.05, 0) is 72.3 Å². The smallest absolute Gasteiger partial charge is 0.257 e. The van der Waals surface area contributed by atoms with Crippen LogP contribution in [0.15, 0.2) is 101 Å². The summed E-state index contributed by atoms with van der Waals surface area (Å²) in [6, 6.07) is 23.9. The number of fused-ring (bicyclic) bond motifs is 2. The molecule has 0 spiro atoms. The number of amides is 2. The van der Waals surface area contributed by atoms with Gasteiger partial charge in [0.1, 0.15) is 17.8 Å². The summed E-state index contributed by atoms with van der Waals surface area (Å²) in [6.45, 7) is 0.188. The maximum Gasteiger partial charge on any atom is 0.257 e. The van der Waals surface area contributed by atoms with Crippen LogP contribution in [0.1, 0.15) is 36.6 Å². The number of carbonyl (C=O) groups excluding carboxylic acids is 3. The third kappa shape index (κ3) is 4.85. The van der Waals surface area contributed by atoms with Gasteiger partial charge in [-0.25, -0.2) is 8.42 Å². The Morgan fingerprint density at radius 2 is 1.65 bits per heavy atom. The van der Waals surface area contributed by atoms with E-state index in [2.05, 4.69) is 10.6 Å². The lowest BCUT2D eigenvalue weighted by Crippen LogP contribution is -2.23. The van der Waals surface area contributed by atoms with Crippen molar-refractivity contribution in [2.24, 2.45) is 0 Å². The number of hydrogen-bond acceptors (Lipinski definition) is 6. The van der Waals surface area contributed by atoms with Crippen LogP contribution in [0.5, 0.6) is 11.5 Å². The van der Waals surface area contributed by atoms with Gasteiger partial charge in [-0.15, -0.1) is 0 Å². The van der Waals surface area contributed by atoms with Crippen LogP contribution in [0.4, 0.5) is 5.69 Å². The Balaban J connectivity index is 1.31. The van der Waals surface area contributed by atoms with Crippen molar-refractivity contribution in [1.29, 1.82) is 0 Å². The first-order valence-electron chi connectivity index (χ1n) is 11.2. The van der Waals surface area contributed by atoms with E-state index in [1.165, 1.54) is 30.3 Å². The minimum Gasteiger partial charge on any atom is -0.457 e. The van der Waals surface area contributed by atoms with Crippen LogP contribution >= 0.6 is 0 Å².